The predicted molar refractivity (Wildman–Crippen MR) is 64.1 cm³/mol. The standard InChI is InChI=1S/C11H13N3S/c1-8-11(9-2-5-12-6-3-9)14-10(13-8)4-7-15/h2-3,5-6,15H,4,7H2,1H3,(H,13,14). The van der Waals surface area contributed by atoms with Gasteiger partial charge in [0.05, 0.1) is 5.69 Å². The van der Waals surface area contributed by atoms with E-state index in [9.17, 15) is 0 Å². The van der Waals surface area contributed by atoms with E-state index in [2.05, 4.69) is 27.6 Å². The molecule has 0 saturated heterocycles. The summed E-state index contributed by atoms with van der Waals surface area (Å²) >= 11 is 4.19. The van der Waals surface area contributed by atoms with Gasteiger partial charge in [-0.15, -0.1) is 0 Å². The highest BCUT2D eigenvalue weighted by molar-refractivity contribution is 7.80. The van der Waals surface area contributed by atoms with Gasteiger partial charge < -0.3 is 4.98 Å². The number of pyridine rings is 1. The molecule has 1 N–H and O–H groups in total. The number of aryl methyl sites for hydroxylation is 2. The minimum Gasteiger partial charge on any atom is -0.346 e. The van der Waals surface area contributed by atoms with Gasteiger partial charge in [0.25, 0.3) is 0 Å². The summed E-state index contributed by atoms with van der Waals surface area (Å²) in [5, 5.41) is 0. The Morgan fingerprint density at radius 3 is 2.73 bits per heavy atom. The molecule has 15 heavy (non-hydrogen) atoms. The molecule has 0 unspecified atom stereocenters. The van der Waals surface area contributed by atoms with Crippen LogP contribution < -0.4 is 0 Å². The quantitative estimate of drug-likeness (QED) is 0.777. The topological polar surface area (TPSA) is 41.6 Å². The molecule has 78 valence electrons. The monoisotopic (exact) mass is 219 g/mol. The largest absolute Gasteiger partial charge is 0.346 e. The Morgan fingerprint density at radius 2 is 2.07 bits per heavy atom. The molecule has 0 radical (unpaired) electrons. The van der Waals surface area contributed by atoms with Gasteiger partial charge in [-0.3, -0.25) is 4.98 Å². The minimum atomic E-state index is 0.808. The molecule has 0 aliphatic heterocycles. The van der Waals surface area contributed by atoms with Crippen molar-refractivity contribution in [1.29, 1.82) is 0 Å². The summed E-state index contributed by atoms with van der Waals surface area (Å²) in [6.07, 6.45) is 4.43. The number of hydrogen-bond donors (Lipinski definition) is 2. The average Bonchev–Trinajstić information content (AvgIpc) is 2.61. The zero-order valence-electron chi connectivity index (χ0n) is 8.57. The van der Waals surface area contributed by atoms with Crippen LogP contribution in [0.15, 0.2) is 24.5 Å². The molecule has 3 nitrogen and oxygen atoms in total. The first-order chi connectivity index (χ1) is 7.31. The maximum Gasteiger partial charge on any atom is 0.107 e. The van der Waals surface area contributed by atoms with E-state index in [1.165, 1.54) is 0 Å². The lowest BCUT2D eigenvalue weighted by atomic mass is 10.2. The zero-order chi connectivity index (χ0) is 10.7. The van der Waals surface area contributed by atoms with Crippen molar-refractivity contribution in [3.63, 3.8) is 0 Å². The van der Waals surface area contributed by atoms with Crippen LogP contribution in [-0.2, 0) is 6.42 Å². The molecule has 0 aliphatic carbocycles. The molecule has 0 saturated carbocycles. The van der Waals surface area contributed by atoms with Gasteiger partial charge in [-0.2, -0.15) is 12.6 Å². The van der Waals surface area contributed by atoms with Gasteiger partial charge in [-0.25, -0.2) is 4.98 Å². The van der Waals surface area contributed by atoms with Crippen molar-refractivity contribution < 1.29 is 0 Å². The van der Waals surface area contributed by atoms with Gasteiger partial charge in [-0.05, 0) is 24.8 Å². The van der Waals surface area contributed by atoms with Crippen LogP contribution in [0, 0.1) is 6.92 Å². The second-order valence-corrected chi connectivity index (χ2v) is 3.81. The third-order valence-electron chi connectivity index (χ3n) is 2.24. The van der Waals surface area contributed by atoms with Crippen LogP contribution in [0.2, 0.25) is 0 Å². The average molecular weight is 219 g/mol. The number of H-pyrrole nitrogens is 1. The number of aromatic amines is 1. The van der Waals surface area contributed by atoms with E-state index in [1.807, 2.05) is 19.1 Å². The van der Waals surface area contributed by atoms with Crippen molar-refractivity contribution in [2.45, 2.75) is 13.3 Å². The lowest BCUT2D eigenvalue weighted by Gasteiger charge is -1.95. The summed E-state index contributed by atoms with van der Waals surface area (Å²) in [5.41, 5.74) is 3.20. The van der Waals surface area contributed by atoms with Crippen LogP contribution in [-0.4, -0.2) is 20.7 Å². The molecule has 2 aromatic heterocycles. The van der Waals surface area contributed by atoms with E-state index < -0.39 is 0 Å². The van der Waals surface area contributed by atoms with Crippen LogP contribution in [0.1, 0.15) is 11.5 Å². The maximum absolute atomic E-state index is 4.54. The summed E-state index contributed by atoms with van der Waals surface area (Å²) in [4.78, 5) is 11.8. The molecule has 0 atom stereocenters. The molecule has 0 aliphatic rings. The molecule has 2 rings (SSSR count). The lowest BCUT2D eigenvalue weighted by molar-refractivity contribution is 0.995. The molecule has 0 spiro atoms. The van der Waals surface area contributed by atoms with Crippen molar-refractivity contribution in [2.75, 3.05) is 5.75 Å². The number of nitrogens with zero attached hydrogens (tertiary/aromatic N) is 2. The molecule has 2 heterocycles. The smallest absolute Gasteiger partial charge is 0.107 e. The Morgan fingerprint density at radius 1 is 1.33 bits per heavy atom. The summed E-state index contributed by atoms with van der Waals surface area (Å²) in [7, 11) is 0. The van der Waals surface area contributed by atoms with E-state index in [1.54, 1.807) is 12.4 Å². The van der Waals surface area contributed by atoms with Gasteiger partial charge in [0.15, 0.2) is 0 Å². The third kappa shape index (κ3) is 2.21. The molecule has 4 heteroatoms. The molecular weight excluding hydrogens is 206 g/mol. The highest BCUT2D eigenvalue weighted by Gasteiger charge is 2.07. The van der Waals surface area contributed by atoms with Gasteiger partial charge in [-0.1, -0.05) is 0 Å². The van der Waals surface area contributed by atoms with Crippen LogP contribution in [0.3, 0.4) is 0 Å². The predicted octanol–water partition coefficient (Wildman–Crippen LogP) is 2.25. The normalized spacial score (nSPS) is 10.5. The highest BCUT2D eigenvalue weighted by atomic mass is 32.1. The Balaban J connectivity index is 2.36. The van der Waals surface area contributed by atoms with Crippen molar-refractivity contribution in [2.24, 2.45) is 0 Å². The SMILES string of the molecule is Cc1[nH]c(CCS)nc1-c1ccncc1. The van der Waals surface area contributed by atoms with Gasteiger partial charge in [0.1, 0.15) is 5.82 Å². The van der Waals surface area contributed by atoms with Crippen LogP contribution >= 0.6 is 12.6 Å². The van der Waals surface area contributed by atoms with E-state index in [-0.39, 0.29) is 0 Å². The Bertz CT molecular complexity index is 436. The number of imidazole rings is 1. The molecular formula is C11H13N3S. The highest BCUT2D eigenvalue weighted by Crippen LogP contribution is 2.20. The van der Waals surface area contributed by atoms with Gasteiger partial charge in [0, 0.05) is 30.1 Å². The molecule has 0 fully saturated rings. The summed E-state index contributed by atoms with van der Waals surface area (Å²) in [5.74, 6) is 1.80. The second-order valence-electron chi connectivity index (χ2n) is 3.37. The first-order valence-electron chi connectivity index (χ1n) is 4.88. The number of hydrogen-bond acceptors (Lipinski definition) is 3. The third-order valence-corrected chi connectivity index (χ3v) is 2.46. The second kappa shape index (κ2) is 4.49. The number of nitrogens with one attached hydrogen (secondary N) is 1. The Kier molecular flexibility index (Phi) is 3.06. The van der Waals surface area contributed by atoms with Crippen molar-refractivity contribution in [3.05, 3.63) is 36.0 Å². The first kappa shape index (κ1) is 10.2. The van der Waals surface area contributed by atoms with Crippen molar-refractivity contribution in [3.8, 4) is 11.3 Å². The van der Waals surface area contributed by atoms with E-state index in [4.69, 9.17) is 0 Å². The summed E-state index contributed by atoms with van der Waals surface area (Å²) in [6.45, 7) is 2.03. The van der Waals surface area contributed by atoms with Crippen LogP contribution in [0.25, 0.3) is 11.3 Å². The lowest BCUT2D eigenvalue weighted by Crippen LogP contribution is -1.88. The van der Waals surface area contributed by atoms with E-state index in [0.717, 1.165) is 34.9 Å². The minimum absolute atomic E-state index is 0.808. The first-order valence-corrected chi connectivity index (χ1v) is 5.51. The Labute approximate surface area is 94.4 Å². The van der Waals surface area contributed by atoms with Gasteiger partial charge in [0.2, 0.25) is 0 Å². The molecule has 0 aromatic carbocycles. The molecule has 2 aromatic rings. The van der Waals surface area contributed by atoms with E-state index >= 15 is 0 Å². The summed E-state index contributed by atoms with van der Waals surface area (Å²) < 4.78 is 0. The van der Waals surface area contributed by atoms with Gasteiger partial charge >= 0.3 is 0 Å². The molecule has 0 bridgehead atoms. The summed E-state index contributed by atoms with van der Waals surface area (Å²) in [6, 6.07) is 3.93. The van der Waals surface area contributed by atoms with Crippen LogP contribution in [0.5, 0.6) is 0 Å². The van der Waals surface area contributed by atoms with Crippen molar-refractivity contribution in [1.82, 2.24) is 15.0 Å². The van der Waals surface area contributed by atoms with Crippen molar-refractivity contribution >= 4 is 12.6 Å². The number of aromatic nitrogens is 3. The fourth-order valence-electron chi connectivity index (χ4n) is 1.54. The Hall–Kier alpha value is -1.29. The fraction of sp³-hybridized carbons (Fsp3) is 0.273. The number of thiol groups is 1. The van der Waals surface area contributed by atoms with E-state index in [0.29, 0.717) is 0 Å². The molecule has 0 amide bonds. The fourth-order valence-corrected chi connectivity index (χ4v) is 1.75. The maximum atomic E-state index is 4.54. The zero-order valence-corrected chi connectivity index (χ0v) is 9.46. The van der Waals surface area contributed by atoms with Crippen LogP contribution in [0.4, 0.5) is 0 Å². The number of rotatable bonds is 3.